The van der Waals surface area contributed by atoms with E-state index in [0.717, 1.165) is 65.8 Å². The van der Waals surface area contributed by atoms with E-state index in [4.69, 9.17) is 21.1 Å². The summed E-state index contributed by atoms with van der Waals surface area (Å²) in [7, 11) is 0. The lowest BCUT2D eigenvalue weighted by Gasteiger charge is -2.47. The highest BCUT2D eigenvalue weighted by Gasteiger charge is 2.54. The molecule has 0 aliphatic heterocycles. The Labute approximate surface area is 380 Å². The van der Waals surface area contributed by atoms with E-state index in [0.29, 0.717) is 54.7 Å². The number of aliphatic carboxylic acids is 2. The third-order valence-corrected chi connectivity index (χ3v) is 14.3. The van der Waals surface area contributed by atoms with E-state index in [9.17, 15) is 24.6 Å². The van der Waals surface area contributed by atoms with E-state index in [-0.39, 0.29) is 30.3 Å². The number of carboxylic acids is 2. The molecule has 1 saturated carbocycles. The van der Waals surface area contributed by atoms with Gasteiger partial charge >= 0.3 is 11.9 Å². The van der Waals surface area contributed by atoms with Gasteiger partial charge in [-0.05, 0) is 158 Å². The van der Waals surface area contributed by atoms with Gasteiger partial charge in [-0.25, -0.2) is 9.59 Å². The number of halogens is 1. The number of rotatable bonds is 16. The lowest BCUT2D eigenvalue weighted by molar-refractivity contribution is -0.144. The molecule has 0 unspecified atom stereocenters. The maximum Gasteiger partial charge on any atom is 0.329 e. The SMILES string of the molecule is Cc1ccc(OCC(=O)N[C@@H](Cc2ccccc2)C(=O)O)cc1-c1ccc2c(c1)C1(CCC(Nc3cccc(Cl)c3)(C(=O)O)CC1)[C@@H](C[C@@H](C)COc1ccnc3c1[C@H](C)CCC3)C2. The van der Waals surface area contributed by atoms with Crippen molar-refractivity contribution in [2.45, 2.75) is 108 Å². The molecule has 3 aliphatic rings. The summed E-state index contributed by atoms with van der Waals surface area (Å²) in [5, 5.41) is 27.2. The summed E-state index contributed by atoms with van der Waals surface area (Å²) in [4.78, 5) is 42.9. The van der Waals surface area contributed by atoms with Crippen molar-refractivity contribution in [3.05, 3.63) is 142 Å². The van der Waals surface area contributed by atoms with E-state index >= 15 is 0 Å². The number of pyridine rings is 1. The molecule has 0 saturated heterocycles. The van der Waals surface area contributed by atoms with Crippen LogP contribution in [0.4, 0.5) is 5.69 Å². The molecule has 1 aromatic heterocycles. The Bertz CT molecular complexity index is 2500. The van der Waals surface area contributed by atoms with Crippen molar-refractivity contribution in [1.82, 2.24) is 10.3 Å². The number of carbonyl (C=O) groups excluding carboxylic acids is 1. The van der Waals surface area contributed by atoms with Crippen LogP contribution in [0.1, 0.15) is 98.2 Å². The van der Waals surface area contributed by atoms with Crippen molar-refractivity contribution in [2.24, 2.45) is 11.8 Å². The van der Waals surface area contributed by atoms with Crippen molar-refractivity contribution in [3.8, 4) is 22.6 Å². The highest BCUT2D eigenvalue weighted by Crippen LogP contribution is 2.57. The van der Waals surface area contributed by atoms with Gasteiger partial charge in [-0.1, -0.05) is 86.1 Å². The lowest BCUT2D eigenvalue weighted by atomic mass is 9.59. The fourth-order valence-electron chi connectivity index (χ4n) is 10.7. The van der Waals surface area contributed by atoms with Gasteiger partial charge in [-0.15, -0.1) is 0 Å². The first-order valence-electron chi connectivity index (χ1n) is 22.6. The number of carbonyl (C=O) groups is 3. The highest BCUT2D eigenvalue weighted by molar-refractivity contribution is 6.30. The third-order valence-electron chi connectivity index (χ3n) is 14.1. The minimum atomic E-state index is -1.15. The van der Waals surface area contributed by atoms with Gasteiger partial charge in [0.25, 0.3) is 5.91 Å². The van der Waals surface area contributed by atoms with Crippen molar-refractivity contribution in [3.63, 3.8) is 0 Å². The molecule has 0 bridgehead atoms. The molecule has 1 amide bonds. The summed E-state index contributed by atoms with van der Waals surface area (Å²) in [6.45, 7) is 6.83. The van der Waals surface area contributed by atoms with Crippen LogP contribution in [-0.4, -0.2) is 57.8 Å². The first-order valence-corrected chi connectivity index (χ1v) is 23.0. The summed E-state index contributed by atoms with van der Waals surface area (Å²) in [6.07, 6.45) is 9.38. The summed E-state index contributed by atoms with van der Waals surface area (Å²) in [5.74, 6) is -0.132. The predicted octanol–water partition coefficient (Wildman–Crippen LogP) is 10.4. The quantitative estimate of drug-likeness (QED) is 0.0760. The van der Waals surface area contributed by atoms with Crippen molar-refractivity contribution in [2.75, 3.05) is 18.5 Å². The normalized spacial score (nSPS) is 22.1. The van der Waals surface area contributed by atoms with Gasteiger partial charge in [0, 0.05) is 34.6 Å². The molecule has 5 aromatic rings. The van der Waals surface area contributed by atoms with Crippen molar-refractivity contribution in [1.29, 1.82) is 0 Å². The number of amides is 1. The minimum Gasteiger partial charge on any atom is -0.493 e. The number of nitrogens with one attached hydrogen (secondary N) is 2. The molecular formula is C53H58ClN3O7. The van der Waals surface area contributed by atoms with E-state index in [1.807, 2.05) is 79.9 Å². The van der Waals surface area contributed by atoms with Gasteiger partial charge in [0.15, 0.2) is 6.61 Å². The van der Waals surface area contributed by atoms with Gasteiger partial charge in [0.2, 0.25) is 0 Å². The largest absolute Gasteiger partial charge is 0.493 e. The monoisotopic (exact) mass is 883 g/mol. The molecule has 1 fully saturated rings. The van der Waals surface area contributed by atoms with Crippen LogP contribution < -0.4 is 20.1 Å². The van der Waals surface area contributed by atoms with E-state index < -0.39 is 29.4 Å². The van der Waals surface area contributed by atoms with Crippen molar-refractivity contribution < 1.29 is 34.1 Å². The van der Waals surface area contributed by atoms with Crippen LogP contribution >= 0.6 is 11.6 Å². The summed E-state index contributed by atoms with van der Waals surface area (Å²) in [5.41, 5.74) is 8.06. The average molecular weight is 885 g/mol. The molecule has 64 heavy (non-hydrogen) atoms. The number of aryl methyl sites for hydroxylation is 2. The highest BCUT2D eigenvalue weighted by atomic mass is 35.5. The Kier molecular flexibility index (Phi) is 13.3. The Morgan fingerprint density at radius 1 is 0.922 bits per heavy atom. The number of nitrogens with zero attached hydrogens (tertiary/aromatic N) is 1. The molecule has 1 spiro atoms. The molecule has 0 radical (unpaired) electrons. The van der Waals surface area contributed by atoms with Crippen LogP contribution in [0.5, 0.6) is 11.5 Å². The molecule has 8 rings (SSSR count). The van der Waals surface area contributed by atoms with E-state index in [1.54, 1.807) is 12.1 Å². The van der Waals surface area contributed by atoms with Crippen LogP contribution in [0.2, 0.25) is 5.02 Å². The number of hydrogen-bond acceptors (Lipinski definition) is 7. The maximum atomic E-state index is 13.2. The topological polar surface area (TPSA) is 147 Å². The van der Waals surface area contributed by atoms with Gasteiger partial charge < -0.3 is 30.3 Å². The number of ether oxygens (including phenoxy) is 2. The van der Waals surface area contributed by atoms with Crippen LogP contribution in [0.3, 0.4) is 0 Å². The zero-order valence-corrected chi connectivity index (χ0v) is 37.6. The molecule has 334 valence electrons. The maximum absolute atomic E-state index is 13.2. The van der Waals surface area contributed by atoms with Crippen LogP contribution in [0, 0.1) is 18.8 Å². The van der Waals surface area contributed by atoms with Gasteiger partial charge in [0.05, 0.1) is 6.61 Å². The molecule has 11 heteroatoms. The Hall–Kier alpha value is -5.87. The van der Waals surface area contributed by atoms with Gasteiger partial charge in [-0.2, -0.15) is 0 Å². The minimum absolute atomic E-state index is 0.159. The van der Waals surface area contributed by atoms with Crippen LogP contribution in [0.15, 0.2) is 103 Å². The first-order chi connectivity index (χ1) is 30.8. The summed E-state index contributed by atoms with van der Waals surface area (Å²) < 4.78 is 12.6. The molecule has 4 aromatic carbocycles. The van der Waals surface area contributed by atoms with Crippen LogP contribution in [0.25, 0.3) is 11.1 Å². The Morgan fingerprint density at radius 3 is 2.47 bits per heavy atom. The third kappa shape index (κ3) is 9.63. The molecule has 3 aliphatic carbocycles. The number of hydrogen-bond donors (Lipinski definition) is 4. The molecule has 4 N–H and O–H groups in total. The lowest BCUT2D eigenvalue weighted by Crippen LogP contribution is -2.53. The first kappa shape index (κ1) is 44.7. The average Bonchev–Trinajstić information content (AvgIpc) is 3.57. The number of fused-ring (bicyclic) bond motifs is 3. The second-order valence-corrected chi connectivity index (χ2v) is 18.9. The number of anilines is 1. The molecule has 4 atom stereocenters. The number of aromatic nitrogens is 1. The van der Waals surface area contributed by atoms with E-state index in [1.165, 1.54) is 16.7 Å². The van der Waals surface area contributed by atoms with Crippen molar-refractivity contribution >= 4 is 35.1 Å². The fraction of sp³-hybridized carbons (Fsp3) is 0.396. The van der Waals surface area contributed by atoms with Gasteiger partial charge in [-0.3, -0.25) is 9.78 Å². The summed E-state index contributed by atoms with van der Waals surface area (Å²) in [6, 6.07) is 29.8. The number of benzene rings is 4. The Morgan fingerprint density at radius 2 is 1.72 bits per heavy atom. The van der Waals surface area contributed by atoms with Gasteiger partial charge in [0.1, 0.15) is 23.1 Å². The van der Waals surface area contributed by atoms with E-state index in [2.05, 4.69) is 47.7 Å². The smallest absolute Gasteiger partial charge is 0.329 e. The standard InChI is InChI=1S/C53H58ClN3O7/c1-33(31-64-47-19-24-55-45-14-7-9-35(3)49(45)47)25-39-27-38-17-16-37(28-44(38)52(39)20-22-53(23-21-52,51(61)62)57-41-13-8-12-40(54)29-41)43-30-42(18-15-34(43)2)63-32-48(58)56-46(50(59)60)26-36-10-5-4-6-11-36/h4-6,8,10-13,15-19,24,28-30,33,35,39,46,57H,7,9,14,20-23,25-27,31-32H2,1-3H3,(H,56,58)(H,59,60)(H,61,62)/t33-,35-,39+,46+,52?,53?/m1/s1. The second kappa shape index (κ2) is 19.1. The second-order valence-electron chi connectivity index (χ2n) is 18.5. The Balaban J connectivity index is 1.03. The zero-order valence-electron chi connectivity index (χ0n) is 36.9. The molecular weight excluding hydrogens is 826 g/mol. The molecule has 1 heterocycles. The molecule has 10 nitrogen and oxygen atoms in total. The van der Waals surface area contributed by atoms with Crippen LogP contribution in [-0.2, 0) is 39.1 Å². The summed E-state index contributed by atoms with van der Waals surface area (Å²) >= 11 is 6.34. The number of carboxylic acid groups (broad SMARTS) is 2. The fourth-order valence-corrected chi connectivity index (χ4v) is 10.9. The predicted molar refractivity (Wildman–Crippen MR) is 249 cm³/mol. The zero-order chi connectivity index (χ0) is 45.0.